The molecule has 1 unspecified atom stereocenters. The van der Waals surface area contributed by atoms with Crippen molar-refractivity contribution < 1.29 is 18.7 Å². The van der Waals surface area contributed by atoms with Crippen LogP contribution in [-0.4, -0.2) is 41.9 Å². The van der Waals surface area contributed by atoms with Crippen LogP contribution in [0.2, 0.25) is 5.02 Å². The van der Waals surface area contributed by atoms with Crippen LogP contribution >= 0.6 is 11.6 Å². The average molecular weight is 391 g/mol. The molecule has 2 heterocycles. The maximum Gasteiger partial charge on any atom is 0.260 e. The van der Waals surface area contributed by atoms with Crippen molar-refractivity contribution in [2.75, 3.05) is 13.1 Å². The first-order valence-electron chi connectivity index (χ1n) is 8.98. The largest absolute Gasteiger partial charge is 0.481 e. The molecule has 1 aromatic carbocycles. The molecule has 2 amide bonds. The molecular weight excluding hydrogens is 368 g/mol. The van der Waals surface area contributed by atoms with Gasteiger partial charge in [-0.05, 0) is 56.5 Å². The number of furan rings is 1. The molecule has 0 radical (unpaired) electrons. The van der Waals surface area contributed by atoms with Crippen molar-refractivity contribution in [2.45, 2.75) is 38.8 Å². The lowest BCUT2D eigenvalue weighted by Crippen LogP contribution is -2.49. The van der Waals surface area contributed by atoms with Crippen molar-refractivity contribution in [1.29, 1.82) is 0 Å². The zero-order valence-electron chi connectivity index (χ0n) is 15.4. The van der Waals surface area contributed by atoms with Gasteiger partial charge >= 0.3 is 0 Å². The third-order valence-corrected chi connectivity index (χ3v) is 4.94. The van der Waals surface area contributed by atoms with E-state index in [0.29, 0.717) is 42.3 Å². The molecule has 0 bridgehead atoms. The van der Waals surface area contributed by atoms with Crippen molar-refractivity contribution in [3.63, 3.8) is 0 Å². The van der Waals surface area contributed by atoms with Crippen LogP contribution in [0.25, 0.3) is 0 Å². The lowest BCUT2D eigenvalue weighted by molar-refractivity contribution is -0.128. The summed E-state index contributed by atoms with van der Waals surface area (Å²) < 4.78 is 10.7. The first-order chi connectivity index (χ1) is 12.9. The Bertz CT molecular complexity index is 798. The summed E-state index contributed by atoms with van der Waals surface area (Å²) in [6, 6.07) is 6.99. The van der Waals surface area contributed by atoms with Crippen LogP contribution in [0.5, 0.6) is 5.75 Å². The molecule has 27 heavy (non-hydrogen) atoms. The highest BCUT2D eigenvalue weighted by Gasteiger charge is 2.26. The number of carbonyl (C=O) groups is 2. The molecule has 1 aromatic heterocycles. The standard InChI is InChI=1S/C20H23ClN2O4/c1-13-11-16(21)3-4-18(13)27-14(2)19(24)22-17-5-8-23(9-6-17)20(25)15-7-10-26-12-15/h3-4,7,10-12,14,17H,5-6,8-9H2,1-2H3,(H,22,24). The van der Waals surface area contributed by atoms with Gasteiger partial charge in [0.05, 0.1) is 11.8 Å². The fourth-order valence-electron chi connectivity index (χ4n) is 3.10. The summed E-state index contributed by atoms with van der Waals surface area (Å²) in [7, 11) is 0. The van der Waals surface area contributed by atoms with Crippen molar-refractivity contribution >= 4 is 23.4 Å². The van der Waals surface area contributed by atoms with Gasteiger partial charge in [-0.15, -0.1) is 0 Å². The van der Waals surface area contributed by atoms with Gasteiger partial charge in [-0.2, -0.15) is 0 Å². The topological polar surface area (TPSA) is 71.8 Å². The summed E-state index contributed by atoms with van der Waals surface area (Å²) in [5.74, 6) is 0.440. The second-order valence-electron chi connectivity index (χ2n) is 6.76. The van der Waals surface area contributed by atoms with Gasteiger partial charge in [0, 0.05) is 24.2 Å². The number of amides is 2. The Kier molecular flexibility index (Phi) is 6.06. The first kappa shape index (κ1) is 19.3. The molecule has 0 aliphatic carbocycles. The van der Waals surface area contributed by atoms with E-state index in [1.54, 1.807) is 36.1 Å². The van der Waals surface area contributed by atoms with E-state index in [-0.39, 0.29) is 17.9 Å². The summed E-state index contributed by atoms with van der Waals surface area (Å²) in [5, 5.41) is 3.65. The monoisotopic (exact) mass is 390 g/mol. The van der Waals surface area contributed by atoms with Crippen molar-refractivity contribution in [3.8, 4) is 5.75 Å². The lowest BCUT2D eigenvalue weighted by atomic mass is 10.0. The molecule has 1 atom stereocenters. The molecule has 144 valence electrons. The molecule has 2 aromatic rings. The average Bonchev–Trinajstić information content (AvgIpc) is 3.18. The Morgan fingerprint density at radius 3 is 2.67 bits per heavy atom. The number of aryl methyl sites for hydroxylation is 1. The highest BCUT2D eigenvalue weighted by molar-refractivity contribution is 6.30. The van der Waals surface area contributed by atoms with Gasteiger partial charge in [0.25, 0.3) is 11.8 Å². The predicted octanol–water partition coefficient (Wildman–Crippen LogP) is 3.43. The van der Waals surface area contributed by atoms with Crippen LogP contribution in [0.1, 0.15) is 35.7 Å². The van der Waals surface area contributed by atoms with Crippen LogP contribution in [0.15, 0.2) is 41.2 Å². The number of halogens is 1. The number of ether oxygens (including phenoxy) is 1. The molecule has 1 saturated heterocycles. The van der Waals surface area contributed by atoms with E-state index in [1.807, 2.05) is 6.92 Å². The maximum atomic E-state index is 12.4. The zero-order valence-corrected chi connectivity index (χ0v) is 16.2. The van der Waals surface area contributed by atoms with Gasteiger partial charge in [-0.1, -0.05) is 11.6 Å². The number of hydrogen-bond donors (Lipinski definition) is 1. The molecule has 1 N–H and O–H groups in total. The number of hydrogen-bond acceptors (Lipinski definition) is 4. The van der Waals surface area contributed by atoms with Crippen molar-refractivity contribution in [2.24, 2.45) is 0 Å². The second-order valence-corrected chi connectivity index (χ2v) is 7.19. The summed E-state index contributed by atoms with van der Waals surface area (Å²) in [5.41, 5.74) is 1.44. The minimum atomic E-state index is -0.615. The molecule has 1 fully saturated rings. The minimum Gasteiger partial charge on any atom is -0.481 e. The number of piperidine rings is 1. The van der Waals surface area contributed by atoms with Gasteiger partial charge in [-0.25, -0.2) is 0 Å². The quantitative estimate of drug-likeness (QED) is 0.848. The Labute approximate surface area is 163 Å². The summed E-state index contributed by atoms with van der Waals surface area (Å²) in [6.45, 7) is 4.81. The fraction of sp³-hybridized carbons (Fsp3) is 0.400. The lowest BCUT2D eigenvalue weighted by Gasteiger charge is -2.32. The van der Waals surface area contributed by atoms with Gasteiger partial charge < -0.3 is 19.4 Å². The Morgan fingerprint density at radius 1 is 1.30 bits per heavy atom. The van der Waals surface area contributed by atoms with Crippen LogP contribution in [0.3, 0.4) is 0 Å². The summed E-state index contributed by atoms with van der Waals surface area (Å²) >= 11 is 5.94. The normalized spacial score (nSPS) is 16.0. The van der Waals surface area contributed by atoms with Gasteiger partial charge in [0.2, 0.25) is 0 Å². The molecular formula is C20H23ClN2O4. The number of likely N-dealkylation sites (tertiary alicyclic amines) is 1. The van der Waals surface area contributed by atoms with Crippen LogP contribution in [0.4, 0.5) is 0 Å². The number of carbonyl (C=O) groups excluding carboxylic acids is 2. The van der Waals surface area contributed by atoms with Crippen LogP contribution in [0, 0.1) is 6.92 Å². The highest BCUT2D eigenvalue weighted by Crippen LogP contribution is 2.23. The molecule has 1 aliphatic heterocycles. The number of nitrogens with one attached hydrogen (secondary N) is 1. The van der Waals surface area contributed by atoms with Crippen LogP contribution in [-0.2, 0) is 4.79 Å². The molecule has 0 saturated carbocycles. The van der Waals surface area contributed by atoms with E-state index < -0.39 is 6.10 Å². The number of rotatable bonds is 5. The molecule has 1 aliphatic rings. The first-order valence-corrected chi connectivity index (χ1v) is 9.36. The SMILES string of the molecule is Cc1cc(Cl)ccc1OC(C)C(=O)NC1CCN(C(=O)c2ccoc2)CC1. The third-order valence-electron chi connectivity index (χ3n) is 4.71. The van der Waals surface area contributed by atoms with E-state index in [0.717, 1.165) is 5.56 Å². The Balaban J connectivity index is 1.48. The van der Waals surface area contributed by atoms with E-state index in [2.05, 4.69) is 5.32 Å². The van der Waals surface area contributed by atoms with E-state index in [4.69, 9.17) is 20.8 Å². The van der Waals surface area contributed by atoms with Crippen LogP contribution < -0.4 is 10.1 Å². The molecule has 3 rings (SSSR count). The number of nitrogens with zero attached hydrogens (tertiary/aromatic N) is 1. The van der Waals surface area contributed by atoms with Gasteiger partial charge in [0.15, 0.2) is 6.10 Å². The van der Waals surface area contributed by atoms with E-state index in [1.165, 1.54) is 12.5 Å². The second kappa shape index (κ2) is 8.48. The molecule has 7 heteroatoms. The van der Waals surface area contributed by atoms with Gasteiger partial charge in [-0.3, -0.25) is 9.59 Å². The van der Waals surface area contributed by atoms with Gasteiger partial charge in [0.1, 0.15) is 12.0 Å². The maximum absolute atomic E-state index is 12.4. The third kappa shape index (κ3) is 4.83. The Hall–Kier alpha value is -2.47. The van der Waals surface area contributed by atoms with E-state index >= 15 is 0 Å². The predicted molar refractivity (Wildman–Crippen MR) is 102 cm³/mol. The van der Waals surface area contributed by atoms with Crippen molar-refractivity contribution in [3.05, 3.63) is 52.9 Å². The minimum absolute atomic E-state index is 0.0308. The van der Waals surface area contributed by atoms with E-state index in [9.17, 15) is 9.59 Å². The Morgan fingerprint density at radius 2 is 2.04 bits per heavy atom. The fourth-order valence-corrected chi connectivity index (χ4v) is 3.33. The summed E-state index contributed by atoms with van der Waals surface area (Å²) in [4.78, 5) is 26.5. The van der Waals surface area contributed by atoms with Crippen molar-refractivity contribution in [1.82, 2.24) is 10.2 Å². The summed E-state index contributed by atoms with van der Waals surface area (Å²) in [6.07, 6.45) is 3.75. The smallest absolute Gasteiger partial charge is 0.260 e. The molecule has 6 nitrogen and oxygen atoms in total. The highest BCUT2D eigenvalue weighted by atomic mass is 35.5. The zero-order chi connectivity index (χ0) is 19.4. The number of benzene rings is 1. The molecule has 0 spiro atoms.